The third-order valence-corrected chi connectivity index (χ3v) is 6.63. The van der Waals surface area contributed by atoms with Gasteiger partial charge in [0.2, 0.25) is 11.3 Å². The fraction of sp³-hybridized carbons (Fsp3) is 0.0938. The Labute approximate surface area is 280 Å². The molecule has 0 fully saturated rings. The summed E-state index contributed by atoms with van der Waals surface area (Å²) in [6.45, 7) is 1.23. The lowest BCUT2D eigenvalue weighted by molar-refractivity contribution is -0.385. The van der Waals surface area contributed by atoms with Crippen molar-refractivity contribution in [2.24, 2.45) is 0 Å². The van der Waals surface area contributed by atoms with Crippen LogP contribution >= 0.6 is 11.6 Å². The van der Waals surface area contributed by atoms with Crippen molar-refractivity contribution in [1.29, 1.82) is 0 Å². The lowest BCUT2D eigenvalue weighted by Crippen LogP contribution is -2.05. The number of nitrogens with zero attached hydrogens (tertiary/aromatic N) is 2. The van der Waals surface area contributed by atoms with Gasteiger partial charge >= 0.3 is 23.7 Å². The first-order valence-electron chi connectivity index (χ1n) is 13.5. The number of nitro groups is 2. The Hall–Kier alpha value is -6.10. The maximum atomic E-state index is 12.8. The standard InChI is InChI=1S/C16H8F3NO4.C8H4ClF3O.C8H7NO4/c17-16(18,19)10-4-1-3-9(7-10)14-8-13(21)11-5-2-6-12(20(22)23)15(11)24-14;9-7(13)5-2-1-3-6(4-5)8(10,11)12;1-5(10)6-3-2-4-7(8(6)11)9(12)13/h1-8H;1-4H;2-4,11H,1H3. The van der Waals surface area contributed by atoms with Crippen molar-refractivity contribution in [1.82, 2.24) is 0 Å². The number of ketones is 1. The topological polar surface area (TPSA) is 171 Å². The van der Waals surface area contributed by atoms with E-state index in [2.05, 4.69) is 0 Å². The Morgan fingerprint density at radius 1 is 0.760 bits per heavy atom. The first-order valence-corrected chi connectivity index (χ1v) is 13.8. The molecule has 18 heteroatoms. The second-order valence-electron chi connectivity index (χ2n) is 9.80. The van der Waals surface area contributed by atoms with Crippen LogP contribution in [0.2, 0.25) is 0 Å². The first kappa shape index (κ1) is 38.3. The van der Waals surface area contributed by atoms with Crippen LogP contribution in [0.25, 0.3) is 22.3 Å². The van der Waals surface area contributed by atoms with Crippen molar-refractivity contribution in [3.63, 3.8) is 0 Å². The minimum Gasteiger partial charge on any atom is -0.502 e. The molecule has 0 aliphatic heterocycles. The normalized spacial score (nSPS) is 11.0. The number of phenolic OH excluding ortho intramolecular Hbond substituents is 1. The largest absolute Gasteiger partial charge is 0.502 e. The van der Waals surface area contributed by atoms with Crippen LogP contribution in [0.1, 0.15) is 38.8 Å². The number of carbonyl (C=O) groups is 2. The molecule has 0 radical (unpaired) electrons. The average molecular weight is 725 g/mol. The Bertz CT molecular complexity index is 2130. The summed E-state index contributed by atoms with van der Waals surface area (Å²) in [4.78, 5) is 53.4. The number of benzene rings is 4. The molecule has 0 amide bonds. The number of alkyl halides is 6. The molecule has 50 heavy (non-hydrogen) atoms. The zero-order chi connectivity index (χ0) is 37.6. The van der Waals surface area contributed by atoms with Crippen molar-refractivity contribution >= 4 is 45.0 Å². The first-order chi connectivity index (χ1) is 23.2. The summed E-state index contributed by atoms with van der Waals surface area (Å²) in [6, 6.07) is 16.8. The number of Topliss-reactive ketones (excluding diaryl/α,β-unsaturated/α-hetero) is 1. The summed E-state index contributed by atoms with van der Waals surface area (Å²) in [5.41, 5.74) is -3.71. The van der Waals surface area contributed by atoms with Gasteiger partial charge in [0.25, 0.3) is 5.24 Å². The fourth-order valence-electron chi connectivity index (χ4n) is 4.08. The Morgan fingerprint density at radius 3 is 1.82 bits per heavy atom. The van der Waals surface area contributed by atoms with Crippen LogP contribution < -0.4 is 5.43 Å². The van der Waals surface area contributed by atoms with Crippen molar-refractivity contribution in [2.45, 2.75) is 19.3 Å². The van der Waals surface area contributed by atoms with Crippen molar-refractivity contribution in [3.05, 3.63) is 144 Å². The van der Waals surface area contributed by atoms with Crippen LogP contribution in [0.4, 0.5) is 37.7 Å². The number of hydrogen-bond acceptors (Lipinski definition) is 9. The van der Waals surface area contributed by atoms with Crippen molar-refractivity contribution < 1.29 is 55.3 Å². The van der Waals surface area contributed by atoms with Crippen LogP contribution in [0.15, 0.2) is 100 Å². The number of aromatic hydroxyl groups is 1. The number of fused-ring (bicyclic) bond motifs is 1. The molecule has 11 nitrogen and oxygen atoms in total. The van der Waals surface area contributed by atoms with Crippen LogP contribution in [0.5, 0.6) is 5.75 Å². The third kappa shape index (κ3) is 9.50. The second-order valence-corrected chi connectivity index (χ2v) is 10.1. The zero-order valence-corrected chi connectivity index (χ0v) is 25.7. The van der Waals surface area contributed by atoms with E-state index in [4.69, 9.17) is 16.0 Å². The lowest BCUT2D eigenvalue weighted by Gasteiger charge is -2.08. The molecule has 0 aliphatic carbocycles. The number of para-hydroxylation sites is 2. The van der Waals surface area contributed by atoms with Gasteiger partial charge in [-0.3, -0.25) is 34.6 Å². The van der Waals surface area contributed by atoms with Gasteiger partial charge in [-0.05, 0) is 54.9 Å². The van der Waals surface area contributed by atoms with Gasteiger partial charge in [0, 0.05) is 29.3 Å². The van der Waals surface area contributed by atoms with Gasteiger partial charge in [-0.15, -0.1) is 0 Å². The summed E-state index contributed by atoms with van der Waals surface area (Å²) in [6.07, 6.45) is -9.00. The van der Waals surface area contributed by atoms with Crippen LogP contribution in [-0.4, -0.2) is 26.0 Å². The van der Waals surface area contributed by atoms with Crippen LogP contribution in [-0.2, 0) is 12.4 Å². The number of halogens is 7. The number of non-ortho nitro benzene ring substituents is 1. The molecule has 5 aromatic rings. The molecule has 0 spiro atoms. The van der Waals surface area contributed by atoms with Gasteiger partial charge in [0.05, 0.1) is 31.9 Å². The number of rotatable bonds is 5. The van der Waals surface area contributed by atoms with E-state index in [9.17, 15) is 66.1 Å². The maximum Gasteiger partial charge on any atom is 0.416 e. The third-order valence-electron chi connectivity index (χ3n) is 6.41. The van der Waals surface area contributed by atoms with Gasteiger partial charge < -0.3 is 9.52 Å². The van der Waals surface area contributed by atoms with E-state index in [1.54, 1.807) is 0 Å². The molecule has 0 aliphatic rings. The van der Waals surface area contributed by atoms with E-state index in [1.165, 1.54) is 49.4 Å². The molecule has 1 aromatic heterocycles. The van der Waals surface area contributed by atoms with Gasteiger partial charge in [0.1, 0.15) is 5.76 Å². The molecule has 0 saturated heterocycles. The molecule has 0 bridgehead atoms. The van der Waals surface area contributed by atoms with Gasteiger partial charge in [0.15, 0.2) is 11.2 Å². The smallest absolute Gasteiger partial charge is 0.416 e. The molecule has 0 saturated carbocycles. The van der Waals surface area contributed by atoms with E-state index in [-0.39, 0.29) is 33.4 Å². The summed E-state index contributed by atoms with van der Waals surface area (Å²) in [7, 11) is 0. The van der Waals surface area contributed by atoms with Crippen LogP contribution in [0.3, 0.4) is 0 Å². The molecule has 5 rings (SSSR count). The van der Waals surface area contributed by atoms with Crippen molar-refractivity contribution in [3.8, 4) is 17.1 Å². The van der Waals surface area contributed by atoms with E-state index in [0.717, 1.165) is 48.5 Å². The highest BCUT2D eigenvalue weighted by Crippen LogP contribution is 2.34. The summed E-state index contributed by atoms with van der Waals surface area (Å²) >= 11 is 5.02. The molecule has 4 aromatic carbocycles. The Balaban J connectivity index is 0.000000221. The molecule has 0 unspecified atom stereocenters. The number of phenols is 1. The van der Waals surface area contributed by atoms with E-state index in [1.807, 2.05) is 0 Å². The molecule has 260 valence electrons. The van der Waals surface area contributed by atoms with E-state index < -0.39 is 66.9 Å². The summed E-state index contributed by atoms with van der Waals surface area (Å²) < 4.78 is 80.0. The zero-order valence-electron chi connectivity index (χ0n) is 24.9. The maximum absolute atomic E-state index is 12.8. The summed E-state index contributed by atoms with van der Waals surface area (Å²) in [5.74, 6) is -1.14. The predicted octanol–water partition coefficient (Wildman–Crippen LogP) is 8.97. The lowest BCUT2D eigenvalue weighted by atomic mass is 10.1. The molecule has 1 N–H and O–H groups in total. The van der Waals surface area contributed by atoms with Crippen LogP contribution in [0, 0.1) is 20.2 Å². The highest BCUT2D eigenvalue weighted by molar-refractivity contribution is 6.67. The molecule has 1 heterocycles. The minimum absolute atomic E-state index is 0.00183. The van der Waals surface area contributed by atoms with Gasteiger partial charge in [-0.25, -0.2) is 0 Å². The number of carbonyl (C=O) groups excluding carboxylic acids is 2. The second kappa shape index (κ2) is 15.4. The SMILES string of the molecule is CC(=O)c1cccc([N+](=O)[O-])c1O.O=C(Cl)c1cccc(C(F)(F)F)c1.O=c1cc(-c2cccc(C(F)(F)F)c2)oc2c([N+](=O)[O-])cccc12. The number of hydrogen-bond donors (Lipinski definition) is 1. The highest BCUT2D eigenvalue weighted by Gasteiger charge is 2.31. The highest BCUT2D eigenvalue weighted by atomic mass is 35.5. The van der Waals surface area contributed by atoms with Gasteiger partial charge in [-0.1, -0.05) is 36.4 Å². The van der Waals surface area contributed by atoms with Gasteiger partial charge in [-0.2, -0.15) is 26.3 Å². The molecular formula is C32H19ClF6N2O9. The Morgan fingerprint density at radius 2 is 1.28 bits per heavy atom. The number of nitro benzene ring substituents is 2. The predicted molar refractivity (Wildman–Crippen MR) is 166 cm³/mol. The summed E-state index contributed by atoms with van der Waals surface area (Å²) in [5, 5.41) is 29.7. The Kier molecular flexibility index (Phi) is 11.8. The van der Waals surface area contributed by atoms with E-state index >= 15 is 0 Å². The van der Waals surface area contributed by atoms with Crippen molar-refractivity contribution in [2.75, 3.05) is 0 Å². The van der Waals surface area contributed by atoms with E-state index in [0.29, 0.717) is 0 Å². The molecular weight excluding hydrogens is 706 g/mol. The average Bonchev–Trinajstić information content (AvgIpc) is 3.04. The fourth-order valence-corrected chi connectivity index (χ4v) is 4.20. The minimum atomic E-state index is -4.56. The quantitative estimate of drug-likeness (QED) is 0.0611. The monoisotopic (exact) mass is 724 g/mol. The molecule has 0 atom stereocenters.